The summed E-state index contributed by atoms with van der Waals surface area (Å²) < 4.78 is 46.1. The highest BCUT2D eigenvalue weighted by atomic mass is 32.1. The lowest BCUT2D eigenvalue weighted by Crippen LogP contribution is -2.40. The number of benzene rings is 1. The van der Waals surface area contributed by atoms with Crippen LogP contribution in [0.25, 0.3) is 17.0 Å². The molecule has 0 aliphatic carbocycles. The van der Waals surface area contributed by atoms with Gasteiger partial charge in [0.15, 0.2) is 5.52 Å². The van der Waals surface area contributed by atoms with Gasteiger partial charge in [-0.05, 0) is 25.1 Å². The number of thiol groups is 2. The molecule has 10 heteroatoms. The Hall–Kier alpha value is -1.91. The van der Waals surface area contributed by atoms with Crippen LogP contribution in [0.3, 0.4) is 0 Å². The van der Waals surface area contributed by atoms with Gasteiger partial charge < -0.3 is 10.5 Å². The maximum atomic E-state index is 13.0. The Morgan fingerprint density at radius 3 is 2.61 bits per heavy atom. The van der Waals surface area contributed by atoms with Crippen LogP contribution >= 0.6 is 25.3 Å². The first-order valence-corrected chi connectivity index (χ1v) is 9.42. The number of aromatic nitrogens is 3. The van der Waals surface area contributed by atoms with Gasteiger partial charge >= 0.3 is 12.1 Å². The Morgan fingerprint density at radius 2 is 2.00 bits per heavy atom. The molecule has 0 fully saturated rings. The monoisotopic (exact) mass is 429 g/mol. The fourth-order valence-electron chi connectivity index (χ4n) is 2.96. The molecule has 2 atom stereocenters. The minimum absolute atomic E-state index is 0.249. The van der Waals surface area contributed by atoms with Crippen molar-refractivity contribution in [3.05, 3.63) is 47.3 Å². The van der Waals surface area contributed by atoms with Crippen molar-refractivity contribution in [1.82, 2.24) is 9.97 Å². The number of rotatable bonds is 5. The Kier molecular flexibility index (Phi) is 5.83. The summed E-state index contributed by atoms with van der Waals surface area (Å²) in [4.78, 5) is 7.41. The predicted octanol–water partition coefficient (Wildman–Crippen LogP) is 3.23. The molecule has 3 aromatic rings. The van der Waals surface area contributed by atoms with Crippen molar-refractivity contribution in [3.63, 3.8) is 0 Å². The molecule has 2 heterocycles. The number of aromatic amines is 1. The zero-order chi connectivity index (χ0) is 20.6. The van der Waals surface area contributed by atoms with Crippen LogP contribution in [0, 0.1) is 6.92 Å². The number of nitrogens with two attached hydrogens (primary N) is 1. The molecule has 28 heavy (non-hydrogen) atoms. The highest BCUT2D eigenvalue weighted by Gasteiger charge is 2.32. The molecule has 3 N–H and O–H groups in total. The average Bonchev–Trinajstić information content (AvgIpc) is 3.05. The van der Waals surface area contributed by atoms with E-state index in [4.69, 9.17) is 10.5 Å². The van der Waals surface area contributed by atoms with Crippen LogP contribution in [0.1, 0.15) is 16.8 Å². The zero-order valence-corrected chi connectivity index (χ0v) is 16.9. The van der Waals surface area contributed by atoms with Crippen molar-refractivity contribution in [2.45, 2.75) is 30.1 Å². The molecule has 150 valence electrons. The van der Waals surface area contributed by atoms with Gasteiger partial charge in [0.1, 0.15) is 11.3 Å². The molecule has 0 saturated carbocycles. The Morgan fingerprint density at radius 1 is 1.29 bits per heavy atom. The third-order valence-electron chi connectivity index (χ3n) is 4.51. The summed E-state index contributed by atoms with van der Waals surface area (Å²) in [5, 5.41) is -0.700. The lowest BCUT2D eigenvalue weighted by Gasteiger charge is -2.17. The molecule has 0 bridgehead atoms. The largest absolute Gasteiger partial charge is 0.496 e. The lowest BCUT2D eigenvalue weighted by atomic mass is 10.1. The molecule has 3 rings (SSSR count). The van der Waals surface area contributed by atoms with Crippen LogP contribution < -0.4 is 15.0 Å². The Labute approximate surface area is 170 Å². The summed E-state index contributed by atoms with van der Waals surface area (Å²) in [7, 11) is 1.57. The van der Waals surface area contributed by atoms with E-state index in [0.29, 0.717) is 29.2 Å². The molecular weight excluding hydrogens is 409 g/mol. The summed E-state index contributed by atoms with van der Waals surface area (Å²) >= 11 is 8.73. The Bertz CT molecular complexity index is 1000. The average molecular weight is 430 g/mol. The SMILES string of the molecule is COc1cc[n+](-c2nc3ccc(C(F)(F)F)cc3[nH]2)c(CC(S)C(N)S)c1C. The summed E-state index contributed by atoms with van der Waals surface area (Å²) in [5.41, 5.74) is 7.50. The Balaban J connectivity index is 2.13. The van der Waals surface area contributed by atoms with Gasteiger partial charge in [0.05, 0.1) is 29.9 Å². The number of halogens is 3. The fraction of sp³-hybridized carbons (Fsp3) is 0.333. The second-order valence-electron chi connectivity index (χ2n) is 6.38. The maximum absolute atomic E-state index is 13.0. The van der Waals surface area contributed by atoms with Crippen molar-refractivity contribution in [3.8, 4) is 11.7 Å². The third-order valence-corrected chi connectivity index (χ3v) is 5.61. The van der Waals surface area contributed by atoms with Crippen LogP contribution in [0.5, 0.6) is 5.75 Å². The highest BCUT2D eigenvalue weighted by molar-refractivity contribution is 7.85. The topological polar surface area (TPSA) is 67.8 Å². The molecular formula is C18H20F3N4OS2+. The number of nitrogens with zero attached hydrogens (tertiary/aromatic N) is 2. The second kappa shape index (κ2) is 7.84. The molecule has 0 aliphatic rings. The first kappa shape index (κ1) is 20.8. The number of hydrogen-bond donors (Lipinski definition) is 4. The van der Waals surface area contributed by atoms with Crippen LogP contribution in [-0.4, -0.2) is 27.7 Å². The number of hydrogen-bond acceptors (Lipinski definition) is 5. The van der Waals surface area contributed by atoms with Crippen molar-refractivity contribution >= 4 is 36.3 Å². The maximum Gasteiger partial charge on any atom is 0.416 e. The third kappa shape index (κ3) is 4.08. The number of fused-ring (bicyclic) bond motifs is 1. The van der Waals surface area contributed by atoms with Crippen LogP contribution in [0.2, 0.25) is 0 Å². The van der Waals surface area contributed by atoms with E-state index < -0.39 is 17.1 Å². The van der Waals surface area contributed by atoms with E-state index in [1.165, 1.54) is 6.07 Å². The molecule has 1 aromatic carbocycles. The van der Waals surface area contributed by atoms with E-state index in [1.807, 2.05) is 6.92 Å². The molecule has 2 aromatic heterocycles. The number of pyridine rings is 1. The number of imidazole rings is 1. The van der Waals surface area contributed by atoms with Gasteiger partial charge in [0.25, 0.3) is 0 Å². The van der Waals surface area contributed by atoms with Crippen molar-refractivity contribution in [2.24, 2.45) is 5.73 Å². The molecule has 0 amide bonds. The second-order valence-corrected chi connectivity index (χ2v) is 7.64. The van der Waals surface area contributed by atoms with E-state index >= 15 is 0 Å². The van der Waals surface area contributed by atoms with Crippen LogP contribution in [-0.2, 0) is 12.6 Å². The molecule has 0 aliphatic heterocycles. The highest BCUT2D eigenvalue weighted by Crippen LogP contribution is 2.31. The fourth-order valence-corrected chi connectivity index (χ4v) is 3.23. The summed E-state index contributed by atoms with van der Waals surface area (Å²) in [5.74, 6) is 1.07. The number of nitrogens with one attached hydrogen (secondary N) is 1. The van der Waals surface area contributed by atoms with Gasteiger partial charge in [-0.25, -0.2) is 9.55 Å². The van der Waals surface area contributed by atoms with E-state index in [1.54, 1.807) is 23.9 Å². The van der Waals surface area contributed by atoms with Gasteiger partial charge in [-0.3, -0.25) is 0 Å². The molecule has 0 radical (unpaired) electrons. The lowest BCUT2D eigenvalue weighted by molar-refractivity contribution is -0.612. The van der Waals surface area contributed by atoms with E-state index in [0.717, 1.165) is 23.4 Å². The standard InChI is InChI=1S/C18H19F3N4OS2/c1-9-13(8-15(27)16(22)28)25(6-5-14(9)26-2)17-23-11-4-3-10(18(19,20)21)7-12(11)24-17/h3-7,15-16H,8,22H2,1-2H3,(H2-,23,24,27,28)/p+1. The van der Waals surface area contributed by atoms with E-state index in [9.17, 15) is 13.2 Å². The van der Waals surface area contributed by atoms with Crippen molar-refractivity contribution in [2.75, 3.05) is 7.11 Å². The number of ether oxygens (including phenoxy) is 1. The first-order chi connectivity index (χ1) is 13.1. The minimum Gasteiger partial charge on any atom is -0.496 e. The molecule has 0 saturated heterocycles. The number of alkyl halides is 3. The van der Waals surface area contributed by atoms with E-state index in [-0.39, 0.29) is 5.25 Å². The number of H-pyrrole nitrogens is 1. The van der Waals surface area contributed by atoms with Gasteiger partial charge in [-0.2, -0.15) is 38.4 Å². The normalized spacial score (nSPS) is 14.3. The zero-order valence-electron chi connectivity index (χ0n) is 15.2. The summed E-state index contributed by atoms with van der Waals surface area (Å²) in [6.07, 6.45) is -2.22. The summed E-state index contributed by atoms with van der Waals surface area (Å²) in [6.45, 7) is 1.89. The molecule has 0 spiro atoms. The van der Waals surface area contributed by atoms with E-state index in [2.05, 4.69) is 35.2 Å². The predicted molar refractivity (Wildman–Crippen MR) is 107 cm³/mol. The summed E-state index contributed by atoms with van der Waals surface area (Å²) in [6, 6.07) is 5.18. The van der Waals surface area contributed by atoms with Gasteiger partial charge in [0, 0.05) is 23.3 Å². The first-order valence-electron chi connectivity index (χ1n) is 8.39. The van der Waals surface area contributed by atoms with Crippen molar-refractivity contribution < 1.29 is 22.5 Å². The van der Waals surface area contributed by atoms with Crippen LogP contribution in [0.15, 0.2) is 30.5 Å². The number of methoxy groups -OCH3 is 1. The quantitative estimate of drug-likeness (QED) is 0.286. The van der Waals surface area contributed by atoms with Crippen molar-refractivity contribution in [1.29, 1.82) is 0 Å². The van der Waals surface area contributed by atoms with Gasteiger partial charge in [0.2, 0.25) is 0 Å². The van der Waals surface area contributed by atoms with Crippen LogP contribution in [0.4, 0.5) is 13.2 Å². The van der Waals surface area contributed by atoms with Gasteiger partial charge in [-0.1, -0.05) is 4.98 Å². The van der Waals surface area contributed by atoms with Gasteiger partial charge in [-0.15, -0.1) is 0 Å². The minimum atomic E-state index is -4.42. The smallest absolute Gasteiger partial charge is 0.416 e. The molecule has 5 nitrogen and oxygen atoms in total. The molecule has 2 unspecified atom stereocenters.